The average Bonchev–Trinajstić information content (AvgIpc) is 3.48. The Kier molecular flexibility index (Phi) is 4.96. The minimum Gasteiger partial charge on any atom is -0.454 e. The summed E-state index contributed by atoms with van der Waals surface area (Å²) in [4.78, 5) is 13.1. The van der Waals surface area contributed by atoms with Gasteiger partial charge in [0.2, 0.25) is 16.8 Å². The van der Waals surface area contributed by atoms with Crippen LogP contribution in [0.25, 0.3) is 22.6 Å². The van der Waals surface area contributed by atoms with Gasteiger partial charge < -0.3 is 14.0 Å². The molecule has 34 heavy (non-hydrogen) atoms. The fraction of sp³-hybridized carbons (Fsp3) is 0.261. The largest absolute Gasteiger partial charge is 0.454 e. The Hall–Kier alpha value is -3.57. The zero-order valence-electron chi connectivity index (χ0n) is 18.0. The van der Waals surface area contributed by atoms with Gasteiger partial charge in [-0.1, -0.05) is 0 Å². The predicted octanol–water partition coefficient (Wildman–Crippen LogP) is 3.39. The zero-order valence-corrected chi connectivity index (χ0v) is 18.8. The number of rotatable bonds is 4. The minimum atomic E-state index is -3.70. The molecule has 9 nitrogen and oxygen atoms in total. The first-order valence-corrected chi connectivity index (χ1v) is 12.3. The summed E-state index contributed by atoms with van der Waals surface area (Å²) < 4.78 is 55.2. The van der Waals surface area contributed by atoms with Gasteiger partial charge in [-0.2, -0.15) is 4.31 Å². The molecule has 0 aliphatic carbocycles. The van der Waals surface area contributed by atoms with Gasteiger partial charge in [-0.05, 0) is 43.2 Å². The van der Waals surface area contributed by atoms with Crippen LogP contribution in [0.1, 0.15) is 18.9 Å². The second kappa shape index (κ2) is 8.03. The first-order valence-electron chi connectivity index (χ1n) is 10.8. The third kappa shape index (κ3) is 3.39. The fourth-order valence-electron chi connectivity index (χ4n) is 4.55. The molecule has 1 fully saturated rings. The van der Waals surface area contributed by atoms with Crippen molar-refractivity contribution in [3.8, 4) is 22.9 Å². The summed E-state index contributed by atoms with van der Waals surface area (Å²) in [5.74, 6) is 0.955. The van der Waals surface area contributed by atoms with Crippen LogP contribution in [0.5, 0.6) is 11.5 Å². The number of piperidine rings is 1. The highest BCUT2D eigenvalue weighted by Crippen LogP contribution is 2.37. The maximum atomic E-state index is 14.6. The van der Waals surface area contributed by atoms with Crippen molar-refractivity contribution in [3.63, 3.8) is 0 Å². The lowest BCUT2D eigenvalue weighted by atomic mass is 10.1. The molecule has 0 N–H and O–H groups in total. The van der Waals surface area contributed by atoms with E-state index in [2.05, 4.69) is 15.0 Å². The van der Waals surface area contributed by atoms with E-state index in [-0.39, 0.29) is 17.7 Å². The molecule has 0 unspecified atom stereocenters. The molecule has 0 radical (unpaired) electrons. The number of benzene rings is 1. The highest BCUT2D eigenvalue weighted by molar-refractivity contribution is 7.89. The number of pyridine rings is 2. The van der Waals surface area contributed by atoms with Crippen LogP contribution in [0.3, 0.4) is 0 Å². The van der Waals surface area contributed by atoms with E-state index in [9.17, 15) is 12.8 Å². The van der Waals surface area contributed by atoms with Crippen molar-refractivity contribution < 1.29 is 22.3 Å². The Balaban J connectivity index is 1.31. The molecule has 1 aromatic carbocycles. The summed E-state index contributed by atoms with van der Waals surface area (Å²) in [7, 11) is -3.70. The lowest BCUT2D eigenvalue weighted by Crippen LogP contribution is -2.39. The molecule has 0 saturated carbocycles. The first-order chi connectivity index (χ1) is 16.5. The number of halogens is 1. The summed E-state index contributed by atoms with van der Waals surface area (Å²) in [6.07, 6.45) is 5.42. The van der Waals surface area contributed by atoms with Crippen molar-refractivity contribution in [1.82, 2.24) is 23.8 Å². The van der Waals surface area contributed by atoms with Crippen LogP contribution in [0, 0.1) is 5.82 Å². The van der Waals surface area contributed by atoms with Crippen molar-refractivity contribution in [2.45, 2.75) is 23.8 Å². The van der Waals surface area contributed by atoms with Crippen LogP contribution < -0.4 is 9.47 Å². The molecule has 0 atom stereocenters. The van der Waals surface area contributed by atoms with Gasteiger partial charge >= 0.3 is 0 Å². The van der Waals surface area contributed by atoms with Gasteiger partial charge in [0, 0.05) is 37.6 Å². The average molecular weight is 482 g/mol. The van der Waals surface area contributed by atoms with E-state index in [1.54, 1.807) is 24.4 Å². The van der Waals surface area contributed by atoms with Crippen LogP contribution in [0.15, 0.2) is 59.9 Å². The van der Waals surface area contributed by atoms with Crippen LogP contribution >= 0.6 is 0 Å². The van der Waals surface area contributed by atoms with Crippen LogP contribution in [-0.4, -0.2) is 52.1 Å². The van der Waals surface area contributed by atoms with Gasteiger partial charge in [0.15, 0.2) is 23.0 Å². The van der Waals surface area contributed by atoms with Crippen molar-refractivity contribution in [3.05, 3.63) is 60.8 Å². The van der Waals surface area contributed by atoms with Crippen molar-refractivity contribution >= 4 is 21.2 Å². The smallest absolute Gasteiger partial charge is 0.243 e. The number of sulfonamides is 1. The number of hydrogen-bond acceptors (Lipinski definition) is 7. The van der Waals surface area contributed by atoms with Crippen LogP contribution in [-0.2, 0) is 10.0 Å². The molecule has 11 heteroatoms. The van der Waals surface area contributed by atoms with E-state index >= 15 is 0 Å². The normalized spacial score (nSPS) is 16.9. The zero-order chi connectivity index (χ0) is 23.3. The second-order valence-corrected chi connectivity index (χ2v) is 10.1. The lowest BCUT2D eigenvalue weighted by Gasteiger charge is -2.32. The number of ether oxygens (including phenoxy) is 2. The summed E-state index contributed by atoms with van der Waals surface area (Å²) in [5.41, 5.74) is 1.64. The highest BCUT2D eigenvalue weighted by atomic mass is 32.2. The van der Waals surface area contributed by atoms with Crippen molar-refractivity contribution in [1.29, 1.82) is 0 Å². The molecule has 2 aliphatic rings. The SMILES string of the molecule is O=S(=O)(c1ccc2c(c1)OCO2)N1CCC(n2c(-c3ccncc3F)nc3cccnc32)CC1. The van der Waals surface area contributed by atoms with E-state index in [1.807, 2.05) is 10.6 Å². The molecule has 5 heterocycles. The Morgan fingerprint density at radius 2 is 1.85 bits per heavy atom. The molecular formula is C23H20FN5O4S. The highest BCUT2D eigenvalue weighted by Gasteiger charge is 2.33. The second-order valence-electron chi connectivity index (χ2n) is 8.16. The Bertz CT molecular complexity index is 1500. The summed E-state index contributed by atoms with van der Waals surface area (Å²) in [6, 6.07) is 9.76. The number of hydrogen-bond donors (Lipinski definition) is 0. The molecule has 3 aromatic heterocycles. The lowest BCUT2D eigenvalue weighted by molar-refractivity contribution is 0.174. The van der Waals surface area contributed by atoms with Crippen LogP contribution in [0.2, 0.25) is 0 Å². The number of nitrogens with zero attached hydrogens (tertiary/aromatic N) is 5. The molecule has 1 saturated heterocycles. The number of fused-ring (bicyclic) bond motifs is 2. The van der Waals surface area contributed by atoms with E-state index in [4.69, 9.17) is 9.47 Å². The van der Waals surface area contributed by atoms with E-state index in [0.29, 0.717) is 60.0 Å². The van der Waals surface area contributed by atoms with Crippen LogP contribution in [0.4, 0.5) is 4.39 Å². The molecule has 0 bridgehead atoms. The monoisotopic (exact) mass is 481 g/mol. The summed E-state index contributed by atoms with van der Waals surface area (Å²) >= 11 is 0. The third-order valence-electron chi connectivity index (χ3n) is 6.23. The fourth-order valence-corrected chi connectivity index (χ4v) is 6.03. The van der Waals surface area contributed by atoms with Crippen molar-refractivity contribution in [2.24, 2.45) is 0 Å². The Morgan fingerprint density at radius 3 is 2.68 bits per heavy atom. The molecule has 0 amide bonds. The van der Waals surface area contributed by atoms with E-state index < -0.39 is 15.8 Å². The van der Waals surface area contributed by atoms with Gasteiger partial charge in [0.1, 0.15) is 11.3 Å². The van der Waals surface area contributed by atoms with Gasteiger partial charge in [-0.3, -0.25) is 4.98 Å². The van der Waals surface area contributed by atoms with Gasteiger partial charge in [-0.25, -0.2) is 22.8 Å². The Labute approximate surface area is 194 Å². The number of aromatic nitrogens is 4. The molecule has 6 rings (SSSR count). The maximum absolute atomic E-state index is 14.6. The van der Waals surface area contributed by atoms with Gasteiger partial charge in [0.25, 0.3) is 0 Å². The maximum Gasteiger partial charge on any atom is 0.243 e. The summed E-state index contributed by atoms with van der Waals surface area (Å²) in [5, 5.41) is 0. The van der Waals surface area contributed by atoms with Gasteiger partial charge in [0.05, 0.1) is 16.7 Å². The Morgan fingerprint density at radius 1 is 1.03 bits per heavy atom. The first kappa shape index (κ1) is 21.0. The topological polar surface area (TPSA) is 99.4 Å². The molecule has 174 valence electrons. The van der Waals surface area contributed by atoms with E-state index in [1.165, 1.54) is 22.6 Å². The predicted molar refractivity (Wildman–Crippen MR) is 120 cm³/mol. The van der Waals surface area contributed by atoms with Gasteiger partial charge in [-0.15, -0.1) is 0 Å². The molecule has 4 aromatic rings. The molecular weight excluding hydrogens is 461 g/mol. The van der Waals surface area contributed by atoms with E-state index in [0.717, 1.165) is 6.20 Å². The quantitative estimate of drug-likeness (QED) is 0.441. The molecule has 2 aliphatic heterocycles. The number of imidazole rings is 1. The molecule has 0 spiro atoms. The minimum absolute atomic E-state index is 0.0809. The standard InChI is InChI=1S/C23H20FN5O4S/c24-18-13-25-9-5-17(18)22-27-19-2-1-8-26-23(19)29(22)15-6-10-28(11-7-15)34(30,31)16-3-4-20-21(12-16)33-14-32-20/h1-5,8-9,12-13,15H,6-7,10-11,14H2. The summed E-state index contributed by atoms with van der Waals surface area (Å²) in [6.45, 7) is 0.704. The van der Waals surface area contributed by atoms with Crippen molar-refractivity contribution in [2.75, 3.05) is 19.9 Å². The third-order valence-corrected chi connectivity index (χ3v) is 8.13.